The lowest BCUT2D eigenvalue weighted by molar-refractivity contribution is 0.196. The van der Waals surface area contributed by atoms with Crippen LogP contribution in [0.2, 0.25) is 0 Å². The molecule has 2 unspecified atom stereocenters. The SMILES string of the molecule is CC1CC(NC2CCC(C)(C)CC2)CN1C1CC1. The summed E-state index contributed by atoms with van der Waals surface area (Å²) in [6.45, 7) is 8.58. The average molecular weight is 250 g/mol. The van der Waals surface area contributed by atoms with E-state index in [0.717, 1.165) is 24.2 Å². The maximum Gasteiger partial charge on any atom is 0.0212 e. The normalized spacial score (nSPS) is 38.2. The Hall–Kier alpha value is -0.0800. The summed E-state index contributed by atoms with van der Waals surface area (Å²) in [4.78, 5) is 2.75. The Labute approximate surface area is 113 Å². The highest BCUT2D eigenvalue weighted by molar-refractivity contribution is 4.97. The molecular weight excluding hydrogens is 220 g/mol. The quantitative estimate of drug-likeness (QED) is 0.827. The topological polar surface area (TPSA) is 15.3 Å². The van der Waals surface area contributed by atoms with Crippen LogP contribution in [-0.4, -0.2) is 35.6 Å². The van der Waals surface area contributed by atoms with Crippen LogP contribution in [-0.2, 0) is 0 Å². The first-order chi connectivity index (χ1) is 8.53. The minimum absolute atomic E-state index is 0.598. The zero-order valence-corrected chi connectivity index (χ0v) is 12.4. The Morgan fingerprint density at radius 2 is 1.67 bits per heavy atom. The van der Waals surface area contributed by atoms with Gasteiger partial charge in [-0.25, -0.2) is 0 Å². The van der Waals surface area contributed by atoms with Gasteiger partial charge >= 0.3 is 0 Å². The number of nitrogens with zero attached hydrogens (tertiary/aromatic N) is 1. The molecule has 2 heteroatoms. The van der Waals surface area contributed by atoms with Crippen molar-refractivity contribution in [3.05, 3.63) is 0 Å². The molecule has 0 radical (unpaired) electrons. The van der Waals surface area contributed by atoms with Gasteiger partial charge in [-0.1, -0.05) is 13.8 Å². The van der Waals surface area contributed by atoms with Gasteiger partial charge in [0.1, 0.15) is 0 Å². The third-order valence-electron chi connectivity index (χ3n) is 5.45. The molecule has 1 saturated heterocycles. The molecule has 1 aliphatic heterocycles. The number of likely N-dealkylation sites (tertiary alicyclic amines) is 1. The van der Waals surface area contributed by atoms with E-state index in [1.165, 1.54) is 51.5 Å². The summed E-state index contributed by atoms with van der Waals surface area (Å²) in [5, 5.41) is 3.96. The molecular formula is C16H30N2. The number of hydrogen-bond donors (Lipinski definition) is 1. The molecule has 18 heavy (non-hydrogen) atoms. The third-order valence-corrected chi connectivity index (χ3v) is 5.45. The van der Waals surface area contributed by atoms with Crippen LogP contribution in [0.1, 0.15) is 65.7 Å². The molecule has 3 rings (SSSR count). The molecule has 0 aromatic rings. The van der Waals surface area contributed by atoms with Crippen LogP contribution in [0, 0.1) is 5.41 Å². The van der Waals surface area contributed by atoms with E-state index in [1.54, 1.807) is 0 Å². The summed E-state index contributed by atoms with van der Waals surface area (Å²) < 4.78 is 0. The van der Waals surface area contributed by atoms with E-state index in [-0.39, 0.29) is 0 Å². The molecule has 0 spiro atoms. The molecule has 0 amide bonds. The van der Waals surface area contributed by atoms with Crippen LogP contribution in [0.25, 0.3) is 0 Å². The predicted octanol–water partition coefficient (Wildman–Crippen LogP) is 3.17. The fraction of sp³-hybridized carbons (Fsp3) is 1.00. The standard InChI is InChI=1S/C16H30N2/c1-12-10-14(11-18(12)15-4-5-15)17-13-6-8-16(2,3)9-7-13/h12-15,17H,4-11H2,1-3H3. The first-order valence-corrected chi connectivity index (χ1v) is 8.05. The number of hydrogen-bond acceptors (Lipinski definition) is 2. The maximum atomic E-state index is 3.96. The van der Waals surface area contributed by atoms with Crippen molar-refractivity contribution in [3.63, 3.8) is 0 Å². The zero-order chi connectivity index (χ0) is 12.8. The predicted molar refractivity (Wildman–Crippen MR) is 76.8 cm³/mol. The first-order valence-electron chi connectivity index (χ1n) is 8.05. The summed E-state index contributed by atoms with van der Waals surface area (Å²) in [6, 6.07) is 3.33. The monoisotopic (exact) mass is 250 g/mol. The molecule has 3 aliphatic rings. The first kappa shape index (κ1) is 12.9. The van der Waals surface area contributed by atoms with Crippen LogP contribution in [0.4, 0.5) is 0 Å². The van der Waals surface area contributed by atoms with Crippen molar-refractivity contribution in [2.75, 3.05) is 6.54 Å². The molecule has 1 N–H and O–H groups in total. The molecule has 2 atom stereocenters. The second kappa shape index (κ2) is 4.79. The van der Waals surface area contributed by atoms with Gasteiger partial charge in [-0.05, 0) is 57.3 Å². The largest absolute Gasteiger partial charge is 0.310 e. The van der Waals surface area contributed by atoms with Crippen molar-refractivity contribution in [2.24, 2.45) is 5.41 Å². The van der Waals surface area contributed by atoms with Gasteiger partial charge < -0.3 is 5.32 Å². The van der Waals surface area contributed by atoms with Crippen molar-refractivity contribution < 1.29 is 0 Å². The van der Waals surface area contributed by atoms with E-state index in [4.69, 9.17) is 0 Å². The Bertz CT molecular complexity index is 285. The summed E-state index contributed by atoms with van der Waals surface area (Å²) in [5.74, 6) is 0. The molecule has 2 saturated carbocycles. The van der Waals surface area contributed by atoms with Gasteiger partial charge in [0, 0.05) is 30.7 Å². The summed E-state index contributed by atoms with van der Waals surface area (Å²) >= 11 is 0. The second-order valence-electron chi connectivity index (χ2n) is 7.81. The van der Waals surface area contributed by atoms with Crippen LogP contribution >= 0.6 is 0 Å². The van der Waals surface area contributed by atoms with Crippen LogP contribution in [0.3, 0.4) is 0 Å². The summed E-state index contributed by atoms with van der Waals surface area (Å²) in [5.41, 5.74) is 0.598. The fourth-order valence-electron chi connectivity index (χ4n) is 3.99. The van der Waals surface area contributed by atoms with Gasteiger partial charge in [0.15, 0.2) is 0 Å². The molecule has 0 aromatic carbocycles. The Kier molecular flexibility index (Phi) is 3.44. The van der Waals surface area contributed by atoms with E-state index >= 15 is 0 Å². The van der Waals surface area contributed by atoms with Crippen molar-refractivity contribution in [1.82, 2.24) is 10.2 Å². The van der Waals surface area contributed by atoms with E-state index in [1.807, 2.05) is 0 Å². The van der Waals surface area contributed by atoms with Crippen LogP contribution in [0.5, 0.6) is 0 Å². The Morgan fingerprint density at radius 1 is 1.00 bits per heavy atom. The van der Waals surface area contributed by atoms with Gasteiger partial charge in [0.25, 0.3) is 0 Å². The lowest BCUT2D eigenvalue weighted by Gasteiger charge is -2.36. The van der Waals surface area contributed by atoms with Gasteiger partial charge in [-0.3, -0.25) is 4.90 Å². The zero-order valence-electron chi connectivity index (χ0n) is 12.4. The van der Waals surface area contributed by atoms with Crippen molar-refractivity contribution in [2.45, 2.75) is 89.9 Å². The molecule has 104 valence electrons. The van der Waals surface area contributed by atoms with E-state index in [9.17, 15) is 0 Å². The Morgan fingerprint density at radius 3 is 2.28 bits per heavy atom. The highest BCUT2D eigenvalue weighted by Crippen LogP contribution is 2.36. The molecule has 3 fully saturated rings. The van der Waals surface area contributed by atoms with Gasteiger partial charge in [0.2, 0.25) is 0 Å². The smallest absolute Gasteiger partial charge is 0.0212 e. The van der Waals surface area contributed by atoms with Crippen molar-refractivity contribution >= 4 is 0 Å². The average Bonchev–Trinajstić information content (AvgIpc) is 3.07. The van der Waals surface area contributed by atoms with Crippen molar-refractivity contribution in [1.29, 1.82) is 0 Å². The van der Waals surface area contributed by atoms with Gasteiger partial charge in [-0.15, -0.1) is 0 Å². The minimum atomic E-state index is 0.598. The molecule has 1 heterocycles. The highest BCUT2D eigenvalue weighted by Gasteiger charge is 2.39. The summed E-state index contributed by atoms with van der Waals surface area (Å²) in [6.07, 6.45) is 9.86. The highest BCUT2D eigenvalue weighted by atomic mass is 15.3. The maximum absolute atomic E-state index is 3.96. The van der Waals surface area contributed by atoms with Crippen molar-refractivity contribution in [3.8, 4) is 0 Å². The number of nitrogens with one attached hydrogen (secondary N) is 1. The van der Waals surface area contributed by atoms with Gasteiger partial charge in [0.05, 0.1) is 0 Å². The molecule has 2 nitrogen and oxygen atoms in total. The Balaban J connectivity index is 1.46. The minimum Gasteiger partial charge on any atom is -0.310 e. The summed E-state index contributed by atoms with van der Waals surface area (Å²) in [7, 11) is 0. The second-order valence-corrected chi connectivity index (χ2v) is 7.81. The van der Waals surface area contributed by atoms with Gasteiger partial charge in [-0.2, -0.15) is 0 Å². The molecule has 0 aromatic heterocycles. The van der Waals surface area contributed by atoms with E-state index in [2.05, 4.69) is 31.0 Å². The number of rotatable bonds is 3. The molecule has 0 bridgehead atoms. The molecule has 2 aliphatic carbocycles. The van der Waals surface area contributed by atoms with E-state index in [0.29, 0.717) is 5.41 Å². The van der Waals surface area contributed by atoms with Crippen LogP contribution < -0.4 is 5.32 Å². The third kappa shape index (κ3) is 2.91. The fourth-order valence-corrected chi connectivity index (χ4v) is 3.99. The lowest BCUT2D eigenvalue weighted by atomic mass is 9.75. The lowest BCUT2D eigenvalue weighted by Crippen LogP contribution is -2.43. The van der Waals surface area contributed by atoms with E-state index < -0.39 is 0 Å². The van der Waals surface area contributed by atoms with Crippen LogP contribution in [0.15, 0.2) is 0 Å².